The van der Waals surface area contributed by atoms with Crippen molar-refractivity contribution in [3.05, 3.63) is 57.6 Å². The van der Waals surface area contributed by atoms with E-state index in [0.717, 1.165) is 11.3 Å². The van der Waals surface area contributed by atoms with Crippen molar-refractivity contribution in [2.75, 3.05) is 32.7 Å². The Morgan fingerprint density at radius 1 is 1.20 bits per heavy atom. The van der Waals surface area contributed by atoms with E-state index in [1.54, 1.807) is 31.1 Å². The molecule has 2 heterocycles. The van der Waals surface area contributed by atoms with Gasteiger partial charge in [0.05, 0.1) is 10.5 Å². The number of thiophene rings is 1. The van der Waals surface area contributed by atoms with Gasteiger partial charge in [-0.3, -0.25) is 14.9 Å². The van der Waals surface area contributed by atoms with Gasteiger partial charge in [-0.15, -0.1) is 10.2 Å². The predicted molar refractivity (Wildman–Crippen MR) is 125 cm³/mol. The van der Waals surface area contributed by atoms with E-state index in [4.69, 9.17) is 15.2 Å². The fraction of sp³-hybridized carbons (Fsp3) is 0.238. The first-order valence-electron chi connectivity index (χ1n) is 10.1. The van der Waals surface area contributed by atoms with E-state index in [-0.39, 0.29) is 41.2 Å². The number of nitrogens with two attached hydrogens (primary N) is 1. The Morgan fingerprint density at radius 3 is 2.46 bits per heavy atom. The Balaban J connectivity index is 2.02. The zero-order chi connectivity index (χ0) is 25.5. The highest BCUT2D eigenvalue weighted by Crippen LogP contribution is 2.43. The van der Waals surface area contributed by atoms with Gasteiger partial charge in [0.15, 0.2) is 10.9 Å². The summed E-state index contributed by atoms with van der Waals surface area (Å²) in [5, 5.41) is 21.2. The number of nitro groups is 1. The van der Waals surface area contributed by atoms with Crippen LogP contribution >= 0.6 is 11.3 Å². The summed E-state index contributed by atoms with van der Waals surface area (Å²) in [6.07, 6.45) is -1.11. The number of carbonyl (C=O) groups is 2. The molecule has 35 heavy (non-hydrogen) atoms. The first-order valence-corrected chi connectivity index (χ1v) is 10.9. The highest BCUT2D eigenvalue weighted by Gasteiger charge is 2.28. The van der Waals surface area contributed by atoms with Crippen LogP contribution in [0.4, 0.5) is 20.7 Å². The standard InChI is InChI=1S/C21H21FN6O6S/c1-27(2)11-14-17(19(29)24-15-7-8-16(26-25-15)33-10-9-22)20(34-21(23)30)35-18(14)12-3-5-13(6-4-12)28(31)32/h3-8H,9-11H2,1-2H3,(H2,23,30)(H,24,25,29). The second-order valence-corrected chi connectivity index (χ2v) is 8.27. The second kappa shape index (κ2) is 11.3. The van der Waals surface area contributed by atoms with Gasteiger partial charge in [-0.25, -0.2) is 9.18 Å². The Hall–Kier alpha value is -4.17. The number of nitrogens with zero attached hydrogens (tertiary/aromatic N) is 4. The third-order valence-corrected chi connectivity index (χ3v) is 5.58. The van der Waals surface area contributed by atoms with Crippen molar-refractivity contribution in [3.63, 3.8) is 0 Å². The van der Waals surface area contributed by atoms with Crippen LogP contribution in [0.25, 0.3) is 10.4 Å². The predicted octanol–water partition coefficient (Wildman–Crippen LogP) is 3.23. The number of anilines is 1. The topological polar surface area (TPSA) is 163 Å². The van der Waals surface area contributed by atoms with Crippen molar-refractivity contribution in [2.45, 2.75) is 6.54 Å². The van der Waals surface area contributed by atoms with Gasteiger partial charge >= 0.3 is 6.09 Å². The molecule has 3 rings (SSSR count). The van der Waals surface area contributed by atoms with Crippen LogP contribution in [0.3, 0.4) is 0 Å². The first kappa shape index (κ1) is 25.5. The Morgan fingerprint density at radius 2 is 1.91 bits per heavy atom. The Labute approximate surface area is 202 Å². The van der Waals surface area contributed by atoms with Gasteiger partial charge in [-0.2, -0.15) is 0 Å². The third kappa shape index (κ3) is 6.45. The molecule has 0 saturated heterocycles. The first-order chi connectivity index (χ1) is 16.7. The molecule has 0 aliphatic heterocycles. The number of nitrogens with one attached hydrogen (secondary N) is 1. The number of rotatable bonds is 10. The van der Waals surface area contributed by atoms with Gasteiger partial charge in [-0.05, 0) is 37.9 Å². The molecule has 2 aromatic heterocycles. The molecule has 184 valence electrons. The van der Waals surface area contributed by atoms with E-state index >= 15 is 0 Å². The lowest BCUT2D eigenvalue weighted by Crippen LogP contribution is -2.21. The van der Waals surface area contributed by atoms with Crippen LogP contribution in [0.15, 0.2) is 36.4 Å². The van der Waals surface area contributed by atoms with Crippen molar-refractivity contribution < 1.29 is 28.4 Å². The number of nitro benzene ring substituents is 1. The van der Waals surface area contributed by atoms with E-state index in [1.807, 2.05) is 0 Å². The highest BCUT2D eigenvalue weighted by atomic mass is 32.1. The minimum absolute atomic E-state index is 0.0453. The number of hydrogen-bond donors (Lipinski definition) is 2. The molecule has 0 aliphatic rings. The van der Waals surface area contributed by atoms with Crippen molar-refractivity contribution in [1.82, 2.24) is 15.1 Å². The van der Waals surface area contributed by atoms with Crippen molar-refractivity contribution in [2.24, 2.45) is 5.73 Å². The lowest BCUT2D eigenvalue weighted by atomic mass is 10.0. The third-order valence-electron chi connectivity index (χ3n) is 4.42. The maximum absolute atomic E-state index is 13.3. The lowest BCUT2D eigenvalue weighted by molar-refractivity contribution is -0.384. The second-order valence-electron chi connectivity index (χ2n) is 7.28. The number of hydrogen-bond acceptors (Lipinski definition) is 10. The summed E-state index contributed by atoms with van der Waals surface area (Å²) in [5.74, 6) is -0.483. The molecule has 3 aromatic rings. The zero-order valence-corrected chi connectivity index (χ0v) is 19.5. The van der Waals surface area contributed by atoms with E-state index in [2.05, 4.69) is 15.5 Å². The van der Waals surface area contributed by atoms with Gasteiger partial charge in [0, 0.05) is 35.2 Å². The summed E-state index contributed by atoms with van der Waals surface area (Å²) in [7, 11) is 3.57. The van der Waals surface area contributed by atoms with Crippen LogP contribution in [0.2, 0.25) is 0 Å². The monoisotopic (exact) mass is 504 g/mol. The summed E-state index contributed by atoms with van der Waals surface area (Å²) in [4.78, 5) is 37.7. The zero-order valence-electron chi connectivity index (χ0n) is 18.7. The largest absolute Gasteiger partial charge is 0.474 e. The average molecular weight is 505 g/mol. The van der Waals surface area contributed by atoms with Gasteiger partial charge < -0.3 is 25.4 Å². The van der Waals surface area contributed by atoms with Crippen LogP contribution in [0, 0.1) is 10.1 Å². The minimum atomic E-state index is -1.11. The molecule has 1 aromatic carbocycles. The van der Waals surface area contributed by atoms with Crippen molar-refractivity contribution in [3.8, 4) is 21.4 Å². The average Bonchev–Trinajstić information content (AvgIpc) is 3.15. The number of benzene rings is 1. The van der Waals surface area contributed by atoms with Crippen molar-refractivity contribution in [1.29, 1.82) is 0 Å². The number of primary amides is 1. The molecule has 0 atom stereocenters. The quantitative estimate of drug-likeness (QED) is 0.312. The van der Waals surface area contributed by atoms with Crippen LogP contribution in [0.1, 0.15) is 15.9 Å². The number of amides is 2. The normalized spacial score (nSPS) is 10.7. The Kier molecular flexibility index (Phi) is 8.22. The van der Waals surface area contributed by atoms with Crippen LogP contribution in [0.5, 0.6) is 10.9 Å². The fourth-order valence-corrected chi connectivity index (χ4v) is 4.23. The molecular weight excluding hydrogens is 483 g/mol. The van der Waals surface area contributed by atoms with Crippen LogP contribution < -0.4 is 20.5 Å². The molecule has 0 saturated carbocycles. The highest BCUT2D eigenvalue weighted by molar-refractivity contribution is 7.18. The molecule has 12 nitrogen and oxygen atoms in total. The van der Waals surface area contributed by atoms with E-state index in [1.165, 1.54) is 24.3 Å². The van der Waals surface area contributed by atoms with Gasteiger partial charge in [0.2, 0.25) is 5.88 Å². The molecule has 3 N–H and O–H groups in total. The summed E-state index contributed by atoms with van der Waals surface area (Å²) < 4.78 is 22.4. The van der Waals surface area contributed by atoms with Crippen LogP contribution in [-0.4, -0.2) is 59.4 Å². The van der Waals surface area contributed by atoms with Gasteiger partial charge in [0.1, 0.15) is 13.3 Å². The van der Waals surface area contributed by atoms with Gasteiger partial charge in [-0.1, -0.05) is 11.3 Å². The molecule has 0 bridgehead atoms. The smallest absolute Gasteiger partial charge is 0.410 e. The van der Waals surface area contributed by atoms with Crippen LogP contribution in [-0.2, 0) is 6.54 Å². The van der Waals surface area contributed by atoms with Crippen molar-refractivity contribution >= 4 is 34.8 Å². The molecule has 2 amide bonds. The molecular formula is C21H21FN6O6S. The number of ether oxygens (including phenoxy) is 2. The van der Waals surface area contributed by atoms with Gasteiger partial charge in [0.25, 0.3) is 11.6 Å². The van der Waals surface area contributed by atoms with E-state index in [9.17, 15) is 24.1 Å². The molecule has 0 spiro atoms. The maximum atomic E-state index is 13.3. The number of halogens is 1. The van der Waals surface area contributed by atoms with E-state index < -0.39 is 23.6 Å². The minimum Gasteiger partial charge on any atom is -0.474 e. The summed E-state index contributed by atoms with van der Waals surface area (Å²) in [5.41, 5.74) is 6.27. The fourth-order valence-electron chi connectivity index (χ4n) is 3.06. The summed E-state index contributed by atoms with van der Waals surface area (Å²) >= 11 is 1.00. The summed E-state index contributed by atoms with van der Waals surface area (Å²) in [6.45, 7) is -0.593. The van der Waals surface area contributed by atoms with E-state index in [0.29, 0.717) is 16.0 Å². The maximum Gasteiger partial charge on any atom is 0.410 e. The number of non-ortho nitro benzene ring substituents is 1. The molecule has 14 heteroatoms. The molecule has 0 radical (unpaired) electrons. The summed E-state index contributed by atoms with van der Waals surface area (Å²) in [6, 6.07) is 8.59. The number of aromatic nitrogens is 2. The Bertz CT molecular complexity index is 1220. The SMILES string of the molecule is CN(C)Cc1c(-c2ccc([N+](=O)[O-])cc2)sc(OC(N)=O)c1C(=O)Nc1ccc(OCCF)nn1. The molecule has 0 unspecified atom stereocenters. The molecule has 0 fully saturated rings. The molecule has 0 aliphatic carbocycles. The number of alkyl halides is 1. The number of carbonyl (C=O) groups excluding carboxylic acids is 2. The lowest BCUT2D eigenvalue weighted by Gasteiger charge is -2.13.